The zero-order chi connectivity index (χ0) is 19.7. The zero-order valence-corrected chi connectivity index (χ0v) is 17.0. The van der Waals surface area contributed by atoms with Crippen LogP contribution >= 0.6 is 34.5 Å². The minimum atomic E-state index is -0.309. The molecule has 0 aliphatic carbocycles. The first-order valence-corrected chi connectivity index (χ1v) is 9.92. The van der Waals surface area contributed by atoms with E-state index in [0.717, 1.165) is 15.8 Å². The van der Waals surface area contributed by atoms with E-state index >= 15 is 0 Å². The average Bonchev–Trinajstić information content (AvgIpc) is 3.05. The second kappa shape index (κ2) is 7.75. The summed E-state index contributed by atoms with van der Waals surface area (Å²) < 4.78 is 1.02. The SMILES string of the molecule is Cc1ccc2nc(NC(=O)c3cccnc3Nc3ccc(Cl)cc3Cl)sc2c1. The van der Waals surface area contributed by atoms with Crippen LogP contribution in [0, 0.1) is 6.92 Å². The number of thiazole rings is 1. The molecule has 4 aromatic rings. The Bertz CT molecular complexity index is 1190. The Balaban J connectivity index is 1.60. The first-order valence-electron chi connectivity index (χ1n) is 8.35. The van der Waals surface area contributed by atoms with E-state index in [1.165, 1.54) is 11.3 Å². The molecule has 28 heavy (non-hydrogen) atoms. The summed E-state index contributed by atoms with van der Waals surface area (Å²) in [6.07, 6.45) is 1.60. The third-order valence-corrected chi connectivity index (χ3v) is 5.48. The highest BCUT2D eigenvalue weighted by Gasteiger charge is 2.16. The third-order valence-electron chi connectivity index (χ3n) is 4.00. The number of halogens is 2. The highest BCUT2D eigenvalue weighted by atomic mass is 35.5. The number of nitrogens with zero attached hydrogens (tertiary/aromatic N) is 2. The predicted octanol–water partition coefficient (Wildman–Crippen LogP) is 6.30. The normalized spacial score (nSPS) is 10.8. The number of rotatable bonds is 4. The second-order valence-corrected chi connectivity index (χ2v) is 7.97. The Morgan fingerprint density at radius 1 is 1.11 bits per heavy atom. The van der Waals surface area contributed by atoms with Gasteiger partial charge in [0.15, 0.2) is 5.13 Å². The molecule has 2 heterocycles. The van der Waals surface area contributed by atoms with Gasteiger partial charge in [-0.2, -0.15) is 0 Å². The molecule has 2 N–H and O–H groups in total. The van der Waals surface area contributed by atoms with Gasteiger partial charge in [-0.05, 0) is 55.0 Å². The fraction of sp³-hybridized carbons (Fsp3) is 0.0500. The molecule has 1 amide bonds. The Kier molecular flexibility index (Phi) is 5.17. The molecule has 2 aromatic carbocycles. The highest BCUT2D eigenvalue weighted by Crippen LogP contribution is 2.30. The van der Waals surface area contributed by atoms with Crippen LogP contribution in [0.3, 0.4) is 0 Å². The fourth-order valence-electron chi connectivity index (χ4n) is 2.66. The number of nitrogens with one attached hydrogen (secondary N) is 2. The number of aromatic nitrogens is 2. The predicted molar refractivity (Wildman–Crippen MR) is 116 cm³/mol. The standard InChI is InChI=1S/C20H14Cl2N4OS/c1-11-4-6-16-17(9-11)28-20(25-16)26-19(27)13-3-2-8-23-18(13)24-15-7-5-12(21)10-14(15)22/h2-10H,1H3,(H,23,24)(H,25,26,27). The molecule has 2 aromatic heterocycles. The summed E-state index contributed by atoms with van der Waals surface area (Å²) in [5, 5.41) is 7.44. The summed E-state index contributed by atoms with van der Waals surface area (Å²) in [4.78, 5) is 21.6. The van der Waals surface area contributed by atoms with Gasteiger partial charge in [0.1, 0.15) is 5.82 Å². The largest absolute Gasteiger partial charge is 0.338 e. The van der Waals surface area contributed by atoms with E-state index in [-0.39, 0.29) is 5.91 Å². The van der Waals surface area contributed by atoms with Gasteiger partial charge in [-0.15, -0.1) is 0 Å². The lowest BCUT2D eigenvalue weighted by molar-refractivity contribution is 0.102. The van der Waals surface area contributed by atoms with Crippen LogP contribution < -0.4 is 10.6 Å². The first-order chi connectivity index (χ1) is 13.5. The Labute approximate surface area is 175 Å². The van der Waals surface area contributed by atoms with Crippen molar-refractivity contribution < 1.29 is 4.79 Å². The van der Waals surface area contributed by atoms with Gasteiger partial charge in [0.05, 0.1) is 26.5 Å². The van der Waals surface area contributed by atoms with Crippen molar-refractivity contribution in [1.82, 2.24) is 9.97 Å². The van der Waals surface area contributed by atoms with Gasteiger partial charge in [-0.3, -0.25) is 10.1 Å². The third kappa shape index (κ3) is 3.94. The topological polar surface area (TPSA) is 66.9 Å². The van der Waals surface area contributed by atoms with Gasteiger partial charge in [-0.25, -0.2) is 9.97 Å². The molecule has 0 saturated carbocycles. The number of amides is 1. The zero-order valence-electron chi connectivity index (χ0n) is 14.7. The van der Waals surface area contributed by atoms with Crippen LogP contribution in [-0.4, -0.2) is 15.9 Å². The van der Waals surface area contributed by atoms with Crippen molar-refractivity contribution >= 4 is 67.3 Å². The van der Waals surface area contributed by atoms with Gasteiger partial charge in [-0.1, -0.05) is 40.6 Å². The molecule has 0 unspecified atom stereocenters. The molecule has 0 bridgehead atoms. The molecule has 4 rings (SSSR count). The van der Waals surface area contributed by atoms with Crippen molar-refractivity contribution in [2.24, 2.45) is 0 Å². The maximum atomic E-state index is 12.8. The maximum absolute atomic E-state index is 12.8. The second-order valence-electron chi connectivity index (χ2n) is 6.09. The van der Waals surface area contributed by atoms with Crippen LogP contribution in [-0.2, 0) is 0 Å². The number of benzene rings is 2. The molecular formula is C20H14Cl2N4OS. The molecule has 140 valence electrons. The van der Waals surface area contributed by atoms with Crippen LogP contribution in [0.2, 0.25) is 10.0 Å². The number of carbonyl (C=O) groups is 1. The van der Waals surface area contributed by atoms with Crippen molar-refractivity contribution in [2.45, 2.75) is 6.92 Å². The minimum absolute atomic E-state index is 0.309. The van der Waals surface area contributed by atoms with Gasteiger partial charge in [0, 0.05) is 11.2 Å². The van der Waals surface area contributed by atoms with E-state index in [1.807, 2.05) is 25.1 Å². The lowest BCUT2D eigenvalue weighted by atomic mass is 10.2. The number of carbonyl (C=O) groups excluding carboxylic acids is 1. The molecule has 0 aliphatic rings. The number of aryl methyl sites for hydroxylation is 1. The van der Waals surface area contributed by atoms with Crippen LogP contribution in [0.5, 0.6) is 0 Å². The number of fused-ring (bicyclic) bond motifs is 1. The number of anilines is 3. The number of hydrogen-bond donors (Lipinski definition) is 2. The van der Waals surface area contributed by atoms with Crippen LogP contribution in [0.15, 0.2) is 54.7 Å². The number of pyridine rings is 1. The highest BCUT2D eigenvalue weighted by molar-refractivity contribution is 7.22. The molecule has 0 radical (unpaired) electrons. The van der Waals surface area contributed by atoms with Crippen molar-refractivity contribution in [3.63, 3.8) is 0 Å². The molecule has 0 saturated heterocycles. The van der Waals surface area contributed by atoms with Gasteiger partial charge < -0.3 is 5.32 Å². The minimum Gasteiger partial charge on any atom is -0.338 e. The summed E-state index contributed by atoms with van der Waals surface area (Å²) in [7, 11) is 0. The average molecular weight is 429 g/mol. The van der Waals surface area contributed by atoms with E-state index in [2.05, 4.69) is 20.6 Å². The van der Waals surface area contributed by atoms with Gasteiger partial charge in [0.2, 0.25) is 0 Å². The Hall–Kier alpha value is -2.67. The molecule has 5 nitrogen and oxygen atoms in total. The summed E-state index contributed by atoms with van der Waals surface area (Å²) in [6, 6.07) is 14.4. The Morgan fingerprint density at radius 3 is 2.79 bits per heavy atom. The molecule has 0 fully saturated rings. The summed E-state index contributed by atoms with van der Waals surface area (Å²) in [5.41, 5.74) is 2.98. The lowest BCUT2D eigenvalue weighted by Gasteiger charge is -2.11. The summed E-state index contributed by atoms with van der Waals surface area (Å²) >= 11 is 13.6. The lowest BCUT2D eigenvalue weighted by Crippen LogP contribution is -2.14. The van der Waals surface area contributed by atoms with Gasteiger partial charge in [0.25, 0.3) is 5.91 Å². The smallest absolute Gasteiger partial charge is 0.261 e. The fourth-order valence-corrected chi connectivity index (χ4v) is 4.07. The van der Waals surface area contributed by atoms with Crippen molar-refractivity contribution in [2.75, 3.05) is 10.6 Å². The summed E-state index contributed by atoms with van der Waals surface area (Å²) in [6.45, 7) is 2.02. The first kappa shape index (κ1) is 18.7. The van der Waals surface area contributed by atoms with E-state index in [9.17, 15) is 4.79 Å². The van der Waals surface area contributed by atoms with E-state index < -0.39 is 0 Å². The molecule has 0 spiro atoms. The quantitative estimate of drug-likeness (QED) is 0.399. The van der Waals surface area contributed by atoms with Gasteiger partial charge >= 0.3 is 0 Å². The molecular weight excluding hydrogens is 415 g/mol. The van der Waals surface area contributed by atoms with E-state index in [0.29, 0.717) is 32.2 Å². The molecule has 0 atom stereocenters. The number of hydrogen-bond acceptors (Lipinski definition) is 5. The van der Waals surface area contributed by atoms with Crippen LogP contribution in [0.4, 0.5) is 16.6 Å². The van der Waals surface area contributed by atoms with Crippen LogP contribution in [0.1, 0.15) is 15.9 Å². The monoisotopic (exact) mass is 428 g/mol. The van der Waals surface area contributed by atoms with Crippen LogP contribution in [0.25, 0.3) is 10.2 Å². The Morgan fingerprint density at radius 2 is 1.96 bits per heavy atom. The van der Waals surface area contributed by atoms with Crippen molar-refractivity contribution in [3.8, 4) is 0 Å². The molecule has 8 heteroatoms. The molecule has 0 aliphatic heterocycles. The maximum Gasteiger partial charge on any atom is 0.261 e. The van der Waals surface area contributed by atoms with Crippen molar-refractivity contribution in [1.29, 1.82) is 0 Å². The van der Waals surface area contributed by atoms with E-state index in [4.69, 9.17) is 23.2 Å². The van der Waals surface area contributed by atoms with Crippen molar-refractivity contribution in [3.05, 3.63) is 75.9 Å². The summed E-state index contributed by atoms with van der Waals surface area (Å²) in [5.74, 6) is 0.0812. The van der Waals surface area contributed by atoms with E-state index in [1.54, 1.807) is 36.5 Å².